The number of hydrogen-bond acceptors (Lipinski definition) is 1. The predicted molar refractivity (Wildman–Crippen MR) is 284 cm³/mol. The molecule has 0 fully saturated rings. The first-order valence-corrected chi connectivity index (χ1v) is 23.3. The zero-order valence-corrected chi connectivity index (χ0v) is 38.7. The molecule has 0 bridgehead atoms. The summed E-state index contributed by atoms with van der Waals surface area (Å²) in [5, 5.41) is 7.60. The minimum absolute atomic E-state index is 0.00239. The Balaban J connectivity index is 1.11. The molecule has 0 atom stereocenters. The van der Waals surface area contributed by atoms with Crippen LogP contribution in [0, 0.1) is 0 Å². The van der Waals surface area contributed by atoms with E-state index in [-0.39, 0.29) is 10.8 Å². The van der Waals surface area contributed by atoms with Gasteiger partial charge in [-0.1, -0.05) is 193 Å². The Labute approximate surface area is 389 Å². The number of para-hydroxylation sites is 2. The summed E-state index contributed by atoms with van der Waals surface area (Å²) < 4.78 is 2.49. The molecule has 11 aromatic rings. The number of anilines is 3. The fourth-order valence-corrected chi connectivity index (χ4v) is 9.89. The summed E-state index contributed by atoms with van der Waals surface area (Å²) in [5.41, 5.74) is 16.6. The SMILES string of the molecule is CC(C)(C)c1ccc2c3c(-c4cccc(N(c5ccc(-c6ccc7c(ccc8ccccc87)c6)cc5)c5ccccc5-c5ccccc5)c4)cc(C(C)(C)C)cc3n(-c3ccccc3)c2c1. The lowest BCUT2D eigenvalue weighted by Gasteiger charge is -2.29. The van der Waals surface area contributed by atoms with Crippen molar-refractivity contribution < 1.29 is 0 Å². The van der Waals surface area contributed by atoms with Gasteiger partial charge in [0.25, 0.3) is 0 Å². The van der Waals surface area contributed by atoms with E-state index in [1.807, 2.05) is 0 Å². The Morgan fingerprint density at radius 3 is 1.74 bits per heavy atom. The Hall–Kier alpha value is -7.68. The minimum Gasteiger partial charge on any atom is -0.310 e. The van der Waals surface area contributed by atoms with Crippen LogP contribution in [0.1, 0.15) is 52.7 Å². The van der Waals surface area contributed by atoms with Crippen molar-refractivity contribution in [2.75, 3.05) is 4.90 Å². The van der Waals surface area contributed by atoms with E-state index in [2.05, 4.69) is 269 Å². The van der Waals surface area contributed by atoms with Gasteiger partial charge in [-0.05, 0) is 138 Å². The van der Waals surface area contributed by atoms with Gasteiger partial charge in [-0.2, -0.15) is 0 Å². The number of nitrogens with zero attached hydrogens (tertiary/aromatic N) is 2. The first-order valence-electron chi connectivity index (χ1n) is 23.3. The summed E-state index contributed by atoms with van der Waals surface area (Å²) in [5.74, 6) is 0. The van der Waals surface area contributed by atoms with Crippen molar-refractivity contribution in [3.05, 3.63) is 230 Å². The van der Waals surface area contributed by atoms with E-state index in [1.54, 1.807) is 0 Å². The normalized spacial score (nSPS) is 12.1. The number of rotatable bonds is 7. The lowest BCUT2D eigenvalue weighted by molar-refractivity contribution is 0.591. The molecule has 0 saturated heterocycles. The van der Waals surface area contributed by atoms with Gasteiger partial charge in [0.2, 0.25) is 0 Å². The maximum Gasteiger partial charge on any atom is 0.0550 e. The van der Waals surface area contributed by atoms with Gasteiger partial charge in [0.1, 0.15) is 0 Å². The van der Waals surface area contributed by atoms with Gasteiger partial charge in [0.15, 0.2) is 0 Å². The summed E-state index contributed by atoms with van der Waals surface area (Å²) in [6, 6.07) is 80.8. The molecule has 0 spiro atoms. The monoisotopic (exact) mass is 850 g/mol. The highest BCUT2D eigenvalue weighted by Crippen LogP contribution is 2.46. The molecule has 0 aliphatic heterocycles. The first kappa shape index (κ1) is 41.1. The van der Waals surface area contributed by atoms with E-state index in [1.165, 1.54) is 93.5 Å². The molecule has 0 radical (unpaired) electrons. The second-order valence-electron chi connectivity index (χ2n) is 19.9. The summed E-state index contributed by atoms with van der Waals surface area (Å²) in [4.78, 5) is 2.44. The van der Waals surface area contributed by atoms with Gasteiger partial charge in [-0.25, -0.2) is 0 Å². The fourth-order valence-electron chi connectivity index (χ4n) is 9.89. The highest BCUT2D eigenvalue weighted by atomic mass is 15.1. The third kappa shape index (κ3) is 7.33. The average Bonchev–Trinajstić information content (AvgIpc) is 3.68. The maximum absolute atomic E-state index is 2.49. The van der Waals surface area contributed by atoms with Crippen molar-refractivity contribution in [3.63, 3.8) is 0 Å². The van der Waals surface area contributed by atoms with E-state index < -0.39 is 0 Å². The van der Waals surface area contributed by atoms with Crippen LogP contribution in [-0.4, -0.2) is 4.57 Å². The van der Waals surface area contributed by atoms with Crippen LogP contribution in [0.25, 0.3) is 82.4 Å². The highest BCUT2D eigenvalue weighted by Gasteiger charge is 2.25. The minimum atomic E-state index is -0.0870. The number of fused-ring (bicyclic) bond motifs is 6. The molecular formula is C64H54N2. The van der Waals surface area contributed by atoms with Crippen molar-refractivity contribution in [1.82, 2.24) is 4.57 Å². The second kappa shape index (κ2) is 16.1. The standard InChI is InChI=1S/C64H54N2/c1-63(2,3)49-33-37-57-60(41-49)66(51-22-11-8-12-23-51)61-42-50(64(4,5)6)40-58(62(57)61)47-21-17-24-53(39-47)65(59-27-16-15-26-56(59)44-18-9-7-10-19-44)52-34-30-43(31-35-52)46-32-36-55-48(38-46)29-28-45-20-13-14-25-54(45)55/h7-42H,1-6H3. The third-order valence-electron chi connectivity index (χ3n) is 13.5. The van der Waals surface area contributed by atoms with Crippen molar-refractivity contribution >= 4 is 60.4 Å². The van der Waals surface area contributed by atoms with E-state index in [0.717, 1.165) is 17.1 Å². The van der Waals surface area contributed by atoms with Gasteiger partial charge in [-0.3, -0.25) is 0 Å². The maximum atomic E-state index is 2.49. The van der Waals surface area contributed by atoms with Crippen LogP contribution in [-0.2, 0) is 10.8 Å². The Bertz CT molecular complexity index is 3580. The van der Waals surface area contributed by atoms with E-state index in [0.29, 0.717) is 0 Å². The van der Waals surface area contributed by atoms with Gasteiger partial charge in [0, 0.05) is 33.4 Å². The Morgan fingerprint density at radius 2 is 0.970 bits per heavy atom. The van der Waals surface area contributed by atoms with Crippen molar-refractivity contribution in [1.29, 1.82) is 0 Å². The molecule has 10 aromatic carbocycles. The quantitative estimate of drug-likeness (QED) is 0.145. The summed E-state index contributed by atoms with van der Waals surface area (Å²) in [6.07, 6.45) is 0. The molecule has 0 aliphatic rings. The largest absolute Gasteiger partial charge is 0.310 e. The lowest BCUT2D eigenvalue weighted by atomic mass is 9.83. The second-order valence-corrected chi connectivity index (χ2v) is 19.9. The molecule has 0 N–H and O–H groups in total. The van der Waals surface area contributed by atoms with Gasteiger partial charge in [-0.15, -0.1) is 0 Å². The number of aromatic nitrogens is 1. The van der Waals surface area contributed by atoms with E-state index in [9.17, 15) is 0 Å². The average molecular weight is 851 g/mol. The summed E-state index contributed by atoms with van der Waals surface area (Å²) in [6.45, 7) is 13.9. The zero-order chi connectivity index (χ0) is 45.2. The van der Waals surface area contributed by atoms with Crippen LogP contribution in [0.4, 0.5) is 17.1 Å². The van der Waals surface area contributed by atoms with Crippen molar-refractivity contribution in [3.8, 4) is 39.1 Å². The van der Waals surface area contributed by atoms with E-state index in [4.69, 9.17) is 0 Å². The zero-order valence-electron chi connectivity index (χ0n) is 38.7. The summed E-state index contributed by atoms with van der Waals surface area (Å²) >= 11 is 0. The van der Waals surface area contributed by atoms with Crippen molar-refractivity contribution in [2.24, 2.45) is 0 Å². The van der Waals surface area contributed by atoms with Gasteiger partial charge < -0.3 is 9.47 Å². The molecule has 1 heterocycles. The molecule has 1 aromatic heterocycles. The van der Waals surface area contributed by atoms with E-state index >= 15 is 0 Å². The topological polar surface area (TPSA) is 8.17 Å². The molecule has 66 heavy (non-hydrogen) atoms. The van der Waals surface area contributed by atoms with Crippen LogP contribution >= 0.6 is 0 Å². The van der Waals surface area contributed by atoms with Crippen LogP contribution < -0.4 is 4.90 Å². The molecule has 2 heteroatoms. The molecule has 2 nitrogen and oxygen atoms in total. The van der Waals surface area contributed by atoms with Crippen LogP contribution in [0.3, 0.4) is 0 Å². The Morgan fingerprint density at radius 1 is 0.348 bits per heavy atom. The number of hydrogen-bond donors (Lipinski definition) is 0. The molecule has 0 unspecified atom stereocenters. The third-order valence-corrected chi connectivity index (χ3v) is 13.5. The van der Waals surface area contributed by atoms with Gasteiger partial charge >= 0.3 is 0 Å². The van der Waals surface area contributed by atoms with Crippen molar-refractivity contribution in [2.45, 2.75) is 52.4 Å². The molecular weight excluding hydrogens is 797 g/mol. The molecule has 0 saturated carbocycles. The number of benzene rings is 10. The molecule has 0 aliphatic carbocycles. The summed E-state index contributed by atoms with van der Waals surface area (Å²) in [7, 11) is 0. The fraction of sp³-hybridized carbons (Fsp3) is 0.125. The van der Waals surface area contributed by atoms with Gasteiger partial charge in [0.05, 0.1) is 16.7 Å². The lowest BCUT2D eigenvalue weighted by Crippen LogP contribution is -2.12. The molecule has 0 amide bonds. The Kier molecular flexibility index (Phi) is 10.0. The van der Waals surface area contributed by atoms with Crippen LogP contribution in [0.5, 0.6) is 0 Å². The predicted octanol–water partition coefficient (Wildman–Crippen LogP) is 18.2. The highest BCUT2D eigenvalue weighted by molar-refractivity contribution is 6.16. The van der Waals surface area contributed by atoms with Crippen LogP contribution in [0.2, 0.25) is 0 Å². The molecule has 320 valence electrons. The first-order chi connectivity index (χ1) is 32.0. The molecule has 11 rings (SSSR count). The smallest absolute Gasteiger partial charge is 0.0550 e. The van der Waals surface area contributed by atoms with Crippen LogP contribution in [0.15, 0.2) is 218 Å².